The first-order valence-corrected chi connectivity index (χ1v) is 10.5. The summed E-state index contributed by atoms with van der Waals surface area (Å²) in [5.41, 5.74) is 3.16. The van der Waals surface area contributed by atoms with Crippen LogP contribution in [0.4, 0.5) is 5.82 Å². The van der Waals surface area contributed by atoms with Gasteiger partial charge >= 0.3 is 0 Å². The Morgan fingerprint density at radius 3 is 2.53 bits per heavy atom. The van der Waals surface area contributed by atoms with E-state index >= 15 is 0 Å². The van der Waals surface area contributed by atoms with Crippen molar-refractivity contribution in [3.05, 3.63) is 59.9 Å². The molecule has 0 spiro atoms. The second kappa shape index (κ2) is 8.18. The van der Waals surface area contributed by atoms with Crippen LogP contribution in [0.1, 0.15) is 22.0 Å². The molecule has 4 heterocycles. The number of hydrogen-bond acceptors (Lipinski definition) is 7. The zero-order chi connectivity index (χ0) is 22.2. The van der Waals surface area contributed by atoms with E-state index in [0.717, 1.165) is 34.4 Å². The Morgan fingerprint density at radius 1 is 1.12 bits per heavy atom. The average Bonchev–Trinajstić information content (AvgIpc) is 3.14. The van der Waals surface area contributed by atoms with Crippen molar-refractivity contribution in [3.63, 3.8) is 0 Å². The largest absolute Gasteiger partial charge is 0.392 e. The molecular formula is C23H23N5O4. The van der Waals surface area contributed by atoms with Crippen molar-refractivity contribution in [3.8, 4) is 5.69 Å². The zero-order valence-electron chi connectivity index (χ0n) is 17.3. The summed E-state index contributed by atoms with van der Waals surface area (Å²) in [6.07, 6.45) is 4.99. The van der Waals surface area contributed by atoms with E-state index in [9.17, 15) is 14.7 Å². The van der Waals surface area contributed by atoms with Crippen LogP contribution in [0.2, 0.25) is 0 Å². The van der Waals surface area contributed by atoms with Gasteiger partial charge in [0.1, 0.15) is 12.1 Å². The number of aliphatic hydroxyl groups is 2. The number of aliphatic hydroxyl groups excluding tert-OH is 2. The van der Waals surface area contributed by atoms with Crippen LogP contribution in [-0.4, -0.2) is 81.0 Å². The lowest BCUT2D eigenvalue weighted by atomic mass is 9.93. The van der Waals surface area contributed by atoms with E-state index in [4.69, 9.17) is 10.2 Å². The molecule has 5 rings (SSSR count). The molecule has 2 fully saturated rings. The van der Waals surface area contributed by atoms with E-state index in [1.54, 1.807) is 23.2 Å². The van der Waals surface area contributed by atoms with Gasteiger partial charge in [-0.05, 0) is 30.3 Å². The molecule has 2 aliphatic rings. The monoisotopic (exact) mass is 433 g/mol. The molecule has 0 saturated carbocycles. The number of carbonyl (C=O) groups is 2. The summed E-state index contributed by atoms with van der Waals surface area (Å²) in [7, 11) is 0. The van der Waals surface area contributed by atoms with Crippen LogP contribution in [-0.2, 0) is 4.79 Å². The first kappa shape index (κ1) is 20.3. The summed E-state index contributed by atoms with van der Waals surface area (Å²) in [5, 5.41) is 24.5. The number of rotatable bonds is 6. The van der Waals surface area contributed by atoms with Crippen LogP contribution in [0.5, 0.6) is 0 Å². The molecule has 32 heavy (non-hydrogen) atoms. The lowest BCUT2D eigenvalue weighted by molar-refractivity contribution is -0.130. The molecule has 2 aliphatic heterocycles. The van der Waals surface area contributed by atoms with E-state index in [-0.39, 0.29) is 24.5 Å². The quantitative estimate of drug-likeness (QED) is 0.439. The predicted molar refractivity (Wildman–Crippen MR) is 118 cm³/mol. The second-order valence-electron chi connectivity index (χ2n) is 8.12. The normalized spacial score (nSPS) is 17.1. The Kier molecular flexibility index (Phi) is 5.20. The highest BCUT2D eigenvalue weighted by molar-refractivity contribution is 5.95. The van der Waals surface area contributed by atoms with Crippen LogP contribution in [0.3, 0.4) is 0 Å². The summed E-state index contributed by atoms with van der Waals surface area (Å²) in [6, 6.07) is 9.11. The summed E-state index contributed by atoms with van der Waals surface area (Å²) in [5.74, 6) is 0.699. The minimum atomic E-state index is -0.364. The van der Waals surface area contributed by atoms with Crippen LogP contribution in [0.15, 0.2) is 48.7 Å². The maximum Gasteiger partial charge on any atom is 0.246 e. The first-order valence-electron chi connectivity index (χ1n) is 10.5. The topological polar surface area (TPSA) is 112 Å². The van der Waals surface area contributed by atoms with Crippen LogP contribution < -0.4 is 4.90 Å². The van der Waals surface area contributed by atoms with E-state index in [2.05, 4.69) is 4.98 Å². The number of amides is 1. The Bertz CT molecular complexity index is 1190. The molecule has 9 heteroatoms. The number of anilines is 1. The van der Waals surface area contributed by atoms with Crippen molar-refractivity contribution in [2.24, 2.45) is 0 Å². The lowest BCUT2D eigenvalue weighted by Crippen LogP contribution is -2.51. The number of hydrogen-bond donors (Lipinski definition) is 2. The molecule has 1 amide bonds. The molecule has 0 radical (unpaired) electrons. The second-order valence-corrected chi connectivity index (χ2v) is 8.12. The highest BCUT2D eigenvalue weighted by atomic mass is 16.3. The minimum absolute atomic E-state index is 0.0497. The molecule has 9 nitrogen and oxygen atoms in total. The standard InChI is InChI=1S/C23H23N5O4/c29-9-1-2-20(32)26-10-16(11-26)22-21-19(7-8-24-23(21)27-12-18(31)13-27)28(25-22)17-5-3-15(14-30)4-6-17/h1-8,14,16,18,29,31H,9-13H2/b2-1+. The smallest absolute Gasteiger partial charge is 0.246 e. The van der Waals surface area contributed by atoms with Gasteiger partial charge < -0.3 is 20.0 Å². The maximum absolute atomic E-state index is 12.2. The SMILES string of the molecule is O=Cc1ccc(-n2nc(C3CN(C(=O)/C=C/CO)C3)c3c(N4CC(O)C4)nccc32)cc1. The number of aldehydes is 1. The number of β-amino-alcohol motifs (C(OH)–C–C–N with tert-alkyl or cyclic N) is 1. The molecule has 0 aliphatic carbocycles. The highest BCUT2D eigenvalue weighted by Crippen LogP contribution is 2.38. The summed E-state index contributed by atoms with van der Waals surface area (Å²) >= 11 is 0. The van der Waals surface area contributed by atoms with Crippen molar-refractivity contribution >= 4 is 28.9 Å². The van der Waals surface area contributed by atoms with E-state index in [1.165, 1.54) is 12.2 Å². The Balaban J connectivity index is 1.54. The molecule has 2 aromatic heterocycles. The Hall–Kier alpha value is -3.56. The van der Waals surface area contributed by atoms with Gasteiger partial charge in [0.05, 0.1) is 35.0 Å². The number of fused-ring (bicyclic) bond motifs is 1. The number of pyridine rings is 1. The van der Waals surface area contributed by atoms with Crippen molar-refractivity contribution in [2.45, 2.75) is 12.0 Å². The lowest BCUT2D eigenvalue weighted by Gasteiger charge is -2.39. The number of benzene rings is 1. The molecular weight excluding hydrogens is 410 g/mol. The van der Waals surface area contributed by atoms with Gasteiger partial charge in [-0.3, -0.25) is 9.59 Å². The van der Waals surface area contributed by atoms with Gasteiger partial charge in [0, 0.05) is 49.9 Å². The third-order valence-electron chi connectivity index (χ3n) is 5.98. The van der Waals surface area contributed by atoms with Gasteiger partial charge in [-0.25, -0.2) is 9.67 Å². The molecule has 2 saturated heterocycles. The fourth-order valence-corrected chi connectivity index (χ4v) is 4.21. The predicted octanol–water partition coefficient (Wildman–Crippen LogP) is 0.888. The van der Waals surface area contributed by atoms with Crippen LogP contribution in [0, 0.1) is 0 Å². The van der Waals surface area contributed by atoms with Crippen LogP contribution >= 0.6 is 0 Å². The molecule has 164 valence electrons. The Labute approximate surface area is 184 Å². The maximum atomic E-state index is 12.2. The Morgan fingerprint density at radius 2 is 1.88 bits per heavy atom. The van der Waals surface area contributed by atoms with Gasteiger partial charge in [-0.15, -0.1) is 0 Å². The summed E-state index contributed by atoms with van der Waals surface area (Å²) in [6.45, 7) is 1.93. The molecule has 2 N–H and O–H groups in total. The first-order chi connectivity index (χ1) is 15.6. The van der Waals surface area contributed by atoms with Gasteiger partial charge in [0.25, 0.3) is 0 Å². The molecule has 0 bridgehead atoms. The number of aromatic nitrogens is 3. The van der Waals surface area contributed by atoms with Gasteiger partial charge in [0.2, 0.25) is 5.91 Å². The highest BCUT2D eigenvalue weighted by Gasteiger charge is 2.36. The molecule has 3 aromatic rings. The number of carbonyl (C=O) groups excluding carboxylic acids is 2. The third-order valence-corrected chi connectivity index (χ3v) is 5.98. The average molecular weight is 433 g/mol. The van der Waals surface area contributed by atoms with Crippen LogP contribution in [0.25, 0.3) is 16.6 Å². The fraction of sp³-hybridized carbons (Fsp3) is 0.304. The van der Waals surface area contributed by atoms with Crippen molar-refractivity contribution in [1.82, 2.24) is 19.7 Å². The molecule has 1 aromatic carbocycles. The zero-order valence-corrected chi connectivity index (χ0v) is 17.3. The van der Waals surface area contributed by atoms with Crippen molar-refractivity contribution < 1.29 is 19.8 Å². The third kappa shape index (κ3) is 3.45. The van der Waals surface area contributed by atoms with E-state index in [0.29, 0.717) is 31.7 Å². The fourth-order valence-electron chi connectivity index (χ4n) is 4.21. The summed E-state index contributed by atoms with van der Waals surface area (Å²) < 4.78 is 1.84. The van der Waals surface area contributed by atoms with Crippen molar-refractivity contribution in [1.29, 1.82) is 0 Å². The van der Waals surface area contributed by atoms with Gasteiger partial charge in [-0.2, -0.15) is 5.10 Å². The van der Waals surface area contributed by atoms with Crippen molar-refractivity contribution in [2.75, 3.05) is 37.7 Å². The number of nitrogens with zero attached hydrogens (tertiary/aromatic N) is 5. The molecule has 0 unspecified atom stereocenters. The van der Waals surface area contributed by atoms with E-state index < -0.39 is 0 Å². The number of likely N-dealkylation sites (tertiary alicyclic amines) is 1. The van der Waals surface area contributed by atoms with Gasteiger partial charge in [-0.1, -0.05) is 6.08 Å². The molecule has 0 atom stereocenters. The minimum Gasteiger partial charge on any atom is -0.392 e. The van der Waals surface area contributed by atoms with E-state index in [1.807, 2.05) is 27.8 Å². The van der Waals surface area contributed by atoms with Gasteiger partial charge in [0.15, 0.2) is 0 Å². The summed E-state index contributed by atoms with van der Waals surface area (Å²) in [4.78, 5) is 31.6.